The summed E-state index contributed by atoms with van der Waals surface area (Å²) in [5.74, 6) is 0.835. The van der Waals surface area contributed by atoms with Crippen LogP contribution in [0.1, 0.15) is 82.1 Å². The summed E-state index contributed by atoms with van der Waals surface area (Å²) < 4.78 is 39.1. The van der Waals surface area contributed by atoms with Gasteiger partial charge in [0.25, 0.3) is 10.0 Å². The molecule has 0 aliphatic heterocycles. The lowest BCUT2D eigenvalue weighted by atomic mass is 9.92. The summed E-state index contributed by atoms with van der Waals surface area (Å²) in [4.78, 5) is 4.53. The molecule has 9 nitrogen and oxygen atoms in total. The predicted octanol–water partition coefficient (Wildman–Crippen LogP) is 7.46. The number of aliphatic imine (C=N–C) groups is 1. The molecule has 0 amide bonds. The number of anilines is 1. The molecule has 0 aromatic carbocycles. The predicted molar refractivity (Wildman–Crippen MR) is 173 cm³/mol. The maximum absolute atomic E-state index is 12.9. The molecule has 3 N–H and O–H groups in total. The van der Waals surface area contributed by atoms with E-state index < -0.39 is 15.6 Å². The Balaban J connectivity index is 0. The first kappa shape index (κ1) is 39.1. The van der Waals surface area contributed by atoms with Gasteiger partial charge in [0, 0.05) is 24.7 Å². The van der Waals surface area contributed by atoms with E-state index >= 15 is 0 Å². The van der Waals surface area contributed by atoms with E-state index in [0.29, 0.717) is 17.3 Å². The third-order valence-electron chi connectivity index (χ3n) is 4.55. The van der Waals surface area contributed by atoms with E-state index in [9.17, 15) is 13.5 Å². The standard InChI is InChI=1S/C22H37N5O4S3.C3H8.C2H6/c1-10-31-16(11-12-21(2,3)4)13-25-18(26-33-23-8)14-24-17-15-32-20(19(17)28)34(29,30)27(9)22(5,6)7;1-3-2;1-2/h10-11,15,24,28H,1,8,12-14H2,2-7,9H3,(H,25,26);3H2,1-2H3;1-2H3/b16-11-;;. The molecule has 0 bridgehead atoms. The largest absolute Gasteiger partial charge is 0.504 e. The zero-order valence-electron chi connectivity index (χ0n) is 25.7. The highest BCUT2D eigenvalue weighted by Gasteiger charge is 2.34. The number of sulfonamides is 1. The summed E-state index contributed by atoms with van der Waals surface area (Å²) in [5, 5.41) is 15.2. The Morgan fingerprint density at radius 2 is 1.79 bits per heavy atom. The molecule has 0 aliphatic rings. The van der Waals surface area contributed by atoms with Gasteiger partial charge < -0.3 is 15.2 Å². The summed E-state index contributed by atoms with van der Waals surface area (Å²) in [6, 6.07) is 0. The number of hydrogen-bond donors (Lipinski definition) is 3. The minimum absolute atomic E-state index is 0.0975. The van der Waals surface area contributed by atoms with E-state index in [-0.39, 0.29) is 28.5 Å². The van der Waals surface area contributed by atoms with Crippen LogP contribution in [-0.4, -0.2) is 56.1 Å². The molecule has 0 saturated carbocycles. The minimum Gasteiger partial charge on any atom is -0.504 e. The number of thiophene rings is 1. The number of nitrogens with one attached hydrogen (secondary N) is 2. The summed E-state index contributed by atoms with van der Waals surface area (Å²) in [7, 11) is -2.36. The van der Waals surface area contributed by atoms with Crippen LogP contribution >= 0.6 is 23.5 Å². The van der Waals surface area contributed by atoms with Crippen LogP contribution < -0.4 is 10.0 Å². The molecule has 12 heteroatoms. The zero-order chi connectivity index (χ0) is 30.9. The van der Waals surface area contributed by atoms with Crippen molar-refractivity contribution in [1.29, 1.82) is 0 Å². The van der Waals surface area contributed by atoms with Crippen molar-refractivity contribution in [3.05, 3.63) is 30.1 Å². The van der Waals surface area contributed by atoms with Gasteiger partial charge in [-0.25, -0.2) is 12.8 Å². The lowest BCUT2D eigenvalue weighted by Gasteiger charge is -2.30. The second kappa shape index (κ2) is 19.1. The number of hydrogen-bond acceptors (Lipinski definition) is 9. The fraction of sp³-hybridized carbons (Fsp3) is 0.630. The summed E-state index contributed by atoms with van der Waals surface area (Å²) in [6.07, 6.45) is 5.39. The van der Waals surface area contributed by atoms with Crippen molar-refractivity contribution in [2.75, 3.05) is 25.5 Å². The van der Waals surface area contributed by atoms with Crippen LogP contribution in [0.15, 0.2) is 43.7 Å². The number of aromatic hydroxyl groups is 1. The van der Waals surface area contributed by atoms with E-state index in [0.717, 1.165) is 29.9 Å². The average Bonchev–Trinajstić information content (AvgIpc) is 3.23. The van der Waals surface area contributed by atoms with Crippen LogP contribution in [0.5, 0.6) is 5.75 Å². The van der Waals surface area contributed by atoms with E-state index in [2.05, 4.69) is 67.3 Å². The number of amidine groups is 1. The van der Waals surface area contributed by atoms with Crippen molar-refractivity contribution < 1.29 is 18.3 Å². The van der Waals surface area contributed by atoms with Gasteiger partial charge in [0.2, 0.25) is 0 Å². The van der Waals surface area contributed by atoms with E-state index in [1.54, 1.807) is 26.2 Å². The van der Waals surface area contributed by atoms with E-state index in [1.165, 1.54) is 24.0 Å². The Morgan fingerprint density at radius 3 is 2.26 bits per heavy atom. The van der Waals surface area contributed by atoms with Crippen molar-refractivity contribution in [2.45, 2.75) is 91.8 Å². The van der Waals surface area contributed by atoms with E-state index in [1.807, 2.05) is 19.9 Å². The summed E-state index contributed by atoms with van der Waals surface area (Å²) in [5.41, 5.74) is -0.240. The van der Waals surface area contributed by atoms with Crippen LogP contribution in [0.3, 0.4) is 0 Å². The minimum atomic E-state index is -3.85. The zero-order valence-corrected chi connectivity index (χ0v) is 28.2. The van der Waals surface area contributed by atoms with Gasteiger partial charge in [-0.05, 0) is 38.7 Å². The quantitative estimate of drug-likeness (QED) is 0.0980. The molecule has 0 atom stereocenters. The third kappa shape index (κ3) is 15.4. The van der Waals surface area contributed by atoms with Crippen LogP contribution in [0, 0.1) is 5.41 Å². The van der Waals surface area contributed by atoms with Gasteiger partial charge in [-0.3, -0.25) is 9.71 Å². The fourth-order valence-corrected chi connectivity index (χ4v) is 5.60. The van der Waals surface area contributed by atoms with Crippen LogP contribution in [0.25, 0.3) is 0 Å². The highest BCUT2D eigenvalue weighted by molar-refractivity contribution is 7.96. The first-order valence-corrected chi connectivity index (χ1v) is 16.1. The molecule has 0 aliphatic carbocycles. The molecule has 0 unspecified atom stereocenters. The molecular formula is C27H51N5O4S3. The van der Waals surface area contributed by atoms with Crippen molar-refractivity contribution >= 4 is 51.7 Å². The molecule has 1 heterocycles. The Kier molecular flexibility index (Phi) is 19.2. The topological polar surface area (TPSA) is 116 Å². The van der Waals surface area contributed by atoms with Gasteiger partial charge in [-0.15, -0.1) is 11.3 Å². The van der Waals surface area contributed by atoms with Crippen LogP contribution in [0.4, 0.5) is 5.69 Å². The second-order valence-corrected chi connectivity index (χ2v) is 14.0. The monoisotopic (exact) mass is 605 g/mol. The molecular weight excluding hydrogens is 555 g/mol. The molecule has 1 aromatic rings. The lowest BCUT2D eigenvalue weighted by molar-refractivity contribution is 0.291. The highest BCUT2D eigenvalue weighted by atomic mass is 32.2. The molecule has 1 aromatic heterocycles. The van der Waals surface area contributed by atoms with E-state index in [4.69, 9.17) is 4.74 Å². The van der Waals surface area contributed by atoms with Gasteiger partial charge in [0.1, 0.15) is 11.6 Å². The third-order valence-corrected chi connectivity index (χ3v) is 8.62. The van der Waals surface area contributed by atoms with Crippen molar-refractivity contribution in [3.8, 4) is 5.75 Å². The number of ether oxygens (including phenoxy) is 1. The SMILES string of the molecule is C=CO/C(=C\CC(C)(C)C)CN=C(CNc1csc(S(=O)(=O)N(C)C(C)(C)C)c1O)NSN=C.CC.CCC. The maximum atomic E-state index is 12.9. The van der Waals surface area contributed by atoms with Crippen LogP contribution in [0.2, 0.25) is 0 Å². The van der Waals surface area contributed by atoms with Crippen molar-refractivity contribution in [1.82, 2.24) is 9.03 Å². The molecule has 0 radical (unpaired) electrons. The first-order valence-electron chi connectivity index (χ1n) is 13.0. The van der Waals surface area contributed by atoms with Gasteiger partial charge in [-0.2, -0.15) is 4.31 Å². The second-order valence-electron chi connectivity index (χ2n) is 10.3. The number of nitrogens with zero attached hydrogens (tertiary/aromatic N) is 3. The Morgan fingerprint density at radius 1 is 1.23 bits per heavy atom. The van der Waals surface area contributed by atoms with Gasteiger partial charge in [0.15, 0.2) is 9.96 Å². The molecule has 39 heavy (non-hydrogen) atoms. The highest BCUT2D eigenvalue weighted by Crippen LogP contribution is 2.40. The Hall–Kier alpha value is -2.02. The molecule has 0 saturated heterocycles. The maximum Gasteiger partial charge on any atom is 0.256 e. The fourth-order valence-electron chi connectivity index (χ4n) is 2.37. The molecule has 1 rings (SSSR count). The summed E-state index contributed by atoms with van der Waals surface area (Å²) in [6.45, 7) is 27.5. The van der Waals surface area contributed by atoms with Crippen LogP contribution in [-0.2, 0) is 14.8 Å². The van der Waals surface area contributed by atoms with Gasteiger partial charge >= 0.3 is 0 Å². The number of rotatable bonds is 12. The molecule has 0 fully saturated rings. The Labute approximate surface area is 246 Å². The number of allylic oxidation sites excluding steroid dienone is 1. The van der Waals surface area contributed by atoms with Crippen molar-refractivity contribution in [2.24, 2.45) is 14.8 Å². The first-order chi connectivity index (χ1) is 18.0. The Bertz CT molecular complexity index is 1020. The van der Waals surface area contributed by atoms with Gasteiger partial charge in [0.05, 0.1) is 37.2 Å². The van der Waals surface area contributed by atoms with Gasteiger partial charge in [-0.1, -0.05) is 61.5 Å². The van der Waals surface area contributed by atoms with Crippen molar-refractivity contribution in [3.63, 3.8) is 0 Å². The molecule has 226 valence electrons. The molecule has 0 spiro atoms. The average molecular weight is 606 g/mol. The lowest BCUT2D eigenvalue weighted by Crippen LogP contribution is -2.42. The smallest absolute Gasteiger partial charge is 0.256 e. The normalized spacial score (nSPS) is 12.5. The summed E-state index contributed by atoms with van der Waals surface area (Å²) >= 11 is 1.96.